The van der Waals surface area contributed by atoms with E-state index in [1.54, 1.807) is 0 Å². The number of rotatable bonds is 11. The Labute approximate surface area is 163 Å². The van der Waals surface area contributed by atoms with Crippen LogP contribution in [0, 0.1) is 0 Å². The summed E-state index contributed by atoms with van der Waals surface area (Å²) in [4.78, 5) is 8.21. The molecule has 9 heteroatoms. The Bertz CT molecular complexity index is 693. The largest absolute Gasteiger partial charge is 0.389 e. The molecule has 0 bridgehead atoms. The maximum Gasteiger partial charge on any atom is 0.275 e. The summed E-state index contributed by atoms with van der Waals surface area (Å²) < 4.78 is 0. The van der Waals surface area contributed by atoms with Crippen LogP contribution in [0.5, 0.6) is 0 Å². The number of hydrogen-bond acceptors (Lipinski definition) is 9. The molecule has 0 spiro atoms. The molecule has 0 amide bonds. The quantitative estimate of drug-likeness (QED) is 0.246. The summed E-state index contributed by atoms with van der Waals surface area (Å²) in [6, 6.07) is 9.41. The summed E-state index contributed by atoms with van der Waals surface area (Å²) in [5.74, 6) is -2.70. The first-order chi connectivity index (χ1) is 13.2. The molecule has 1 aromatic carbocycles. The molecule has 9 nitrogen and oxygen atoms in total. The third kappa shape index (κ3) is 7.95. The topological polar surface area (TPSA) is 159 Å². The predicted molar refractivity (Wildman–Crippen MR) is 99.2 cm³/mol. The van der Waals surface area contributed by atoms with Gasteiger partial charge in [0.15, 0.2) is 0 Å². The van der Waals surface area contributed by atoms with Gasteiger partial charge in [-0.25, -0.2) is 0 Å². The highest BCUT2D eigenvalue weighted by atomic mass is 16.7. The van der Waals surface area contributed by atoms with E-state index in [0.717, 1.165) is 5.56 Å². The highest BCUT2D eigenvalue weighted by Crippen LogP contribution is 2.17. The average molecular weight is 393 g/mol. The smallest absolute Gasteiger partial charge is 0.275 e. The number of hydrogen-bond donors (Lipinski definition) is 7. The molecule has 0 aliphatic carbocycles. The van der Waals surface area contributed by atoms with Gasteiger partial charge < -0.3 is 30.6 Å². The van der Waals surface area contributed by atoms with Crippen molar-refractivity contribution in [3.63, 3.8) is 0 Å². The standard InChI is InChI=1S/C19H27N3O6/c23-16(9-17(24)18(25)22-10-13-5-2-1-3-6-13)15-12-20-14(11-21-15)7-4-8-19(26,27)28/h1-3,5-6,11-12,16-18,22-28H,4,7-10H2. The summed E-state index contributed by atoms with van der Waals surface area (Å²) in [5, 5.41) is 59.6. The molecular weight excluding hydrogens is 366 g/mol. The van der Waals surface area contributed by atoms with E-state index in [9.17, 15) is 15.3 Å². The number of aliphatic hydroxyl groups is 6. The molecule has 0 saturated carbocycles. The number of nitrogens with zero attached hydrogens (tertiary/aromatic N) is 2. The first-order valence-corrected chi connectivity index (χ1v) is 9.04. The third-order valence-corrected chi connectivity index (χ3v) is 4.20. The molecule has 28 heavy (non-hydrogen) atoms. The van der Waals surface area contributed by atoms with Crippen molar-refractivity contribution in [1.82, 2.24) is 15.3 Å². The van der Waals surface area contributed by atoms with Gasteiger partial charge in [-0.15, -0.1) is 0 Å². The van der Waals surface area contributed by atoms with Gasteiger partial charge in [-0.2, -0.15) is 0 Å². The third-order valence-electron chi connectivity index (χ3n) is 4.20. The van der Waals surface area contributed by atoms with Gasteiger partial charge in [-0.05, 0) is 18.4 Å². The zero-order chi connectivity index (χ0) is 20.6. The van der Waals surface area contributed by atoms with Gasteiger partial charge in [0.05, 0.1) is 23.7 Å². The lowest BCUT2D eigenvalue weighted by molar-refractivity contribution is -0.314. The minimum Gasteiger partial charge on any atom is -0.389 e. The summed E-state index contributed by atoms with van der Waals surface area (Å²) in [5.41, 5.74) is 1.76. The first kappa shape index (κ1) is 22.3. The van der Waals surface area contributed by atoms with Crippen LogP contribution >= 0.6 is 0 Å². The predicted octanol–water partition coefficient (Wildman–Crippen LogP) is -0.677. The molecule has 1 heterocycles. The van der Waals surface area contributed by atoms with E-state index >= 15 is 0 Å². The number of aliphatic hydroxyl groups excluding tert-OH is 3. The lowest BCUT2D eigenvalue weighted by atomic mass is 10.1. The van der Waals surface area contributed by atoms with Crippen LogP contribution in [0.3, 0.4) is 0 Å². The Hall–Kier alpha value is -1.98. The molecule has 2 rings (SSSR count). The average Bonchev–Trinajstić information content (AvgIpc) is 2.66. The van der Waals surface area contributed by atoms with Crippen LogP contribution in [0.15, 0.2) is 42.7 Å². The van der Waals surface area contributed by atoms with Gasteiger partial charge in [0, 0.05) is 25.6 Å². The van der Waals surface area contributed by atoms with E-state index in [0.29, 0.717) is 18.7 Å². The summed E-state index contributed by atoms with van der Waals surface area (Å²) >= 11 is 0. The molecule has 154 valence electrons. The summed E-state index contributed by atoms with van der Waals surface area (Å²) in [6.07, 6.45) is -0.411. The molecule has 7 N–H and O–H groups in total. The van der Waals surface area contributed by atoms with Gasteiger partial charge >= 0.3 is 0 Å². The Morgan fingerprint density at radius 3 is 2.29 bits per heavy atom. The fourth-order valence-corrected chi connectivity index (χ4v) is 2.61. The van der Waals surface area contributed by atoms with E-state index in [1.165, 1.54) is 12.4 Å². The Kier molecular flexibility index (Phi) is 8.39. The van der Waals surface area contributed by atoms with Crippen LogP contribution in [-0.2, 0) is 13.0 Å². The lowest BCUT2D eigenvalue weighted by Crippen LogP contribution is -2.40. The van der Waals surface area contributed by atoms with Crippen LogP contribution in [0.25, 0.3) is 0 Å². The molecule has 0 aliphatic rings. The summed E-state index contributed by atoms with van der Waals surface area (Å²) in [7, 11) is 0. The molecule has 2 aromatic rings. The van der Waals surface area contributed by atoms with Crippen molar-refractivity contribution in [2.45, 2.75) is 56.6 Å². The van der Waals surface area contributed by atoms with Gasteiger partial charge in [0.25, 0.3) is 5.97 Å². The van der Waals surface area contributed by atoms with Gasteiger partial charge in [0.2, 0.25) is 0 Å². The number of nitrogens with one attached hydrogen (secondary N) is 1. The SMILES string of the molecule is OC(CC(O)C(O)NCc1ccccc1)c1cnc(CCCC(O)(O)O)cn1. The normalized spacial score (nSPS) is 15.2. The minimum atomic E-state index is -2.70. The second kappa shape index (κ2) is 10.5. The highest BCUT2D eigenvalue weighted by molar-refractivity contribution is 5.14. The first-order valence-electron chi connectivity index (χ1n) is 9.04. The van der Waals surface area contributed by atoms with Gasteiger partial charge in [-0.3, -0.25) is 15.3 Å². The molecule has 0 saturated heterocycles. The molecule has 0 aliphatic heterocycles. The van der Waals surface area contributed by atoms with Crippen molar-refractivity contribution < 1.29 is 30.6 Å². The van der Waals surface area contributed by atoms with Gasteiger partial charge in [-0.1, -0.05) is 30.3 Å². The Morgan fingerprint density at radius 1 is 0.964 bits per heavy atom. The fourth-order valence-electron chi connectivity index (χ4n) is 2.61. The maximum atomic E-state index is 10.2. The van der Waals surface area contributed by atoms with E-state index in [-0.39, 0.29) is 25.0 Å². The van der Waals surface area contributed by atoms with Crippen LogP contribution in [-0.4, -0.2) is 58.9 Å². The Balaban J connectivity index is 1.78. The van der Waals surface area contributed by atoms with Crippen molar-refractivity contribution in [3.8, 4) is 0 Å². The van der Waals surface area contributed by atoms with Gasteiger partial charge in [0.1, 0.15) is 12.3 Å². The van der Waals surface area contributed by atoms with E-state index in [2.05, 4.69) is 15.3 Å². The van der Waals surface area contributed by atoms with E-state index in [1.807, 2.05) is 30.3 Å². The van der Waals surface area contributed by atoms with E-state index < -0.39 is 24.4 Å². The molecule has 1 aromatic heterocycles. The van der Waals surface area contributed by atoms with Crippen LogP contribution in [0.1, 0.15) is 42.3 Å². The maximum absolute atomic E-state index is 10.2. The Morgan fingerprint density at radius 2 is 1.68 bits per heavy atom. The van der Waals surface area contributed by atoms with Crippen molar-refractivity contribution in [2.24, 2.45) is 0 Å². The monoisotopic (exact) mass is 393 g/mol. The van der Waals surface area contributed by atoms with Crippen molar-refractivity contribution in [2.75, 3.05) is 0 Å². The molecular formula is C19H27N3O6. The van der Waals surface area contributed by atoms with Crippen LogP contribution in [0.4, 0.5) is 0 Å². The highest BCUT2D eigenvalue weighted by Gasteiger charge is 2.22. The number of aryl methyl sites for hydroxylation is 1. The molecule has 3 unspecified atom stereocenters. The fraction of sp³-hybridized carbons (Fsp3) is 0.474. The second-order valence-electron chi connectivity index (χ2n) is 6.69. The summed E-state index contributed by atoms with van der Waals surface area (Å²) in [6.45, 7) is 0.375. The van der Waals surface area contributed by atoms with Crippen LogP contribution < -0.4 is 5.32 Å². The zero-order valence-electron chi connectivity index (χ0n) is 15.4. The molecule has 0 fully saturated rings. The van der Waals surface area contributed by atoms with Crippen LogP contribution in [0.2, 0.25) is 0 Å². The minimum absolute atomic E-state index is 0.126. The second-order valence-corrected chi connectivity index (χ2v) is 6.69. The molecule has 0 radical (unpaired) electrons. The molecule has 3 atom stereocenters. The number of benzene rings is 1. The van der Waals surface area contributed by atoms with Crippen molar-refractivity contribution in [1.29, 1.82) is 0 Å². The van der Waals surface area contributed by atoms with Crippen molar-refractivity contribution >= 4 is 0 Å². The van der Waals surface area contributed by atoms with E-state index in [4.69, 9.17) is 15.3 Å². The zero-order valence-corrected chi connectivity index (χ0v) is 15.4. The lowest BCUT2D eigenvalue weighted by Gasteiger charge is -2.21. The van der Waals surface area contributed by atoms with Crippen molar-refractivity contribution in [3.05, 3.63) is 59.7 Å². The number of aromatic nitrogens is 2.